The smallest absolute Gasteiger partial charge is 0.328 e. The van der Waals surface area contributed by atoms with Crippen LogP contribution in [0.3, 0.4) is 0 Å². The Morgan fingerprint density at radius 2 is 1.87 bits per heavy atom. The molecule has 23 heavy (non-hydrogen) atoms. The molecule has 132 valence electrons. The fourth-order valence-electron chi connectivity index (χ4n) is 1.74. The molecule has 0 spiro atoms. The van der Waals surface area contributed by atoms with Gasteiger partial charge in [0, 0.05) is 16.3 Å². The number of aliphatic imine (C=N–C) groups is 1. The number of thiophene rings is 1. The maximum atomic E-state index is 11.7. The largest absolute Gasteiger partial charge is 0.459 e. The van der Waals surface area contributed by atoms with Crippen LogP contribution in [-0.4, -0.2) is 30.6 Å². The lowest BCUT2D eigenvalue weighted by molar-refractivity contribution is -0.152. The van der Waals surface area contributed by atoms with Crippen LogP contribution in [0.1, 0.15) is 44.4 Å². The third-order valence-electron chi connectivity index (χ3n) is 2.63. The van der Waals surface area contributed by atoms with Gasteiger partial charge in [-0.05, 0) is 46.2 Å². The monoisotopic (exact) mass is 453 g/mol. The van der Waals surface area contributed by atoms with Crippen LogP contribution in [0.4, 0.5) is 0 Å². The topological polar surface area (TPSA) is 62.7 Å². The van der Waals surface area contributed by atoms with E-state index < -0.39 is 5.60 Å². The van der Waals surface area contributed by atoms with Crippen molar-refractivity contribution in [1.29, 1.82) is 0 Å². The molecule has 7 heteroatoms. The number of hydrogen-bond acceptors (Lipinski definition) is 4. The summed E-state index contributed by atoms with van der Waals surface area (Å²) in [5, 5.41) is 6.36. The molecule has 0 amide bonds. The summed E-state index contributed by atoms with van der Waals surface area (Å²) in [7, 11) is 0. The summed E-state index contributed by atoms with van der Waals surface area (Å²) in [5.74, 6) is 0.300. The third-order valence-corrected chi connectivity index (χ3v) is 3.86. The van der Waals surface area contributed by atoms with Crippen molar-refractivity contribution >= 4 is 47.2 Å². The highest BCUT2D eigenvalue weighted by Gasteiger charge is 2.15. The summed E-state index contributed by atoms with van der Waals surface area (Å²) >= 11 is 1.79. The molecule has 1 rings (SSSR count). The maximum Gasteiger partial charge on any atom is 0.328 e. The number of halogens is 1. The van der Waals surface area contributed by atoms with Gasteiger partial charge in [0.25, 0.3) is 0 Å². The molecular weight excluding hydrogens is 425 g/mol. The van der Waals surface area contributed by atoms with E-state index in [1.165, 1.54) is 9.75 Å². The van der Waals surface area contributed by atoms with E-state index in [0.29, 0.717) is 12.5 Å². The zero-order valence-electron chi connectivity index (χ0n) is 14.6. The SMILES string of the molecule is CCNC(=NCC(=O)OC(C)(C)C)NCc1ccc(CC)s1.I. The van der Waals surface area contributed by atoms with Crippen molar-refractivity contribution in [2.24, 2.45) is 4.99 Å². The van der Waals surface area contributed by atoms with Gasteiger partial charge in [0.15, 0.2) is 5.96 Å². The van der Waals surface area contributed by atoms with E-state index in [1.54, 1.807) is 11.3 Å². The van der Waals surface area contributed by atoms with Gasteiger partial charge < -0.3 is 15.4 Å². The van der Waals surface area contributed by atoms with Gasteiger partial charge in [-0.3, -0.25) is 4.79 Å². The van der Waals surface area contributed by atoms with Crippen molar-refractivity contribution in [3.8, 4) is 0 Å². The maximum absolute atomic E-state index is 11.7. The molecule has 0 unspecified atom stereocenters. The second-order valence-corrected chi connectivity index (χ2v) is 7.11. The Bertz CT molecular complexity index is 510. The number of esters is 1. The number of aryl methyl sites for hydroxylation is 1. The number of nitrogens with zero attached hydrogens (tertiary/aromatic N) is 1. The lowest BCUT2D eigenvalue weighted by atomic mass is 10.2. The predicted octanol–water partition coefficient (Wildman–Crippen LogP) is 3.33. The van der Waals surface area contributed by atoms with Gasteiger partial charge in [-0.25, -0.2) is 4.99 Å². The van der Waals surface area contributed by atoms with Crippen LogP contribution < -0.4 is 10.6 Å². The molecule has 0 atom stereocenters. The van der Waals surface area contributed by atoms with Crippen molar-refractivity contribution < 1.29 is 9.53 Å². The third kappa shape index (κ3) is 9.80. The fourth-order valence-corrected chi connectivity index (χ4v) is 2.63. The number of carbonyl (C=O) groups excluding carboxylic acids is 1. The highest BCUT2D eigenvalue weighted by atomic mass is 127. The van der Waals surface area contributed by atoms with Crippen molar-refractivity contribution in [3.63, 3.8) is 0 Å². The minimum absolute atomic E-state index is 0. The number of rotatable bonds is 6. The predicted molar refractivity (Wildman–Crippen MR) is 108 cm³/mol. The number of carbonyl (C=O) groups is 1. The van der Waals surface area contributed by atoms with Crippen LogP contribution in [0.5, 0.6) is 0 Å². The summed E-state index contributed by atoms with van der Waals surface area (Å²) in [5.41, 5.74) is -0.480. The first-order valence-electron chi connectivity index (χ1n) is 7.65. The minimum Gasteiger partial charge on any atom is -0.459 e. The zero-order chi connectivity index (χ0) is 16.6. The Balaban J connectivity index is 0.00000484. The molecule has 5 nitrogen and oxygen atoms in total. The number of ether oxygens (including phenoxy) is 1. The molecule has 2 N–H and O–H groups in total. The van der Waals surface area contributed by atoms with Crippen LogP contribution in [0.2, 0.25) is 0 Å². The molecule has 1 aromatic rings. The van der Waals surface area contributed by atoms with E-state index >= 15 is 0 Å². The molecule has 0 aliphatic rings. The Hall–Kier alpha value is -0.830. The van der Waals surface area contributed by atoms with Crippen molar-refractivity contribution in [1.82, 2.24) is 10.6 Å². The van der Waals surface area contributed by atoms with Gasteiger partial charge in [-0.1, -0.05) is 6.92 Å². The lowest BCUT2D eigenvalue weighted by Crippen LogP contribution is -2.37. The quantitative estimate of drug-likeness (QED) is 0.300. The van der Waals surface area contributed by atoms with Gasteiger partial charge in [-0.2, -0.15) is 0 Å². The molecule has 0 radical (unpaired) electrons. The average molecular weight is 453 g/mol. The van der Waals surface area contributed by atoms with Gasteiger partial charge in [0.1, 0.15) is 12.1 Å². The Kier molecular flexibility index (Phi) is 10.5. The first-order chi connectivity index (χ1) is 10.3. The molecule has 0 aliphatic carbocycles. The summed E-state index contributed by atoms with van der Waals surface area (Å²) < 4.78 is 5.25. The molecule has 1 heterocycles. The fraction of sp³-hybridized carbons (Fsp3) is 0.625. The minimum atomic E-state index is -0.480. The highest BCUT2D eigenvalue weighted by molar-refractivity contribution is 14.0. The van der Waals surface area contributed by atoms with E-state index in [9.17, 15) is 4.79 Å². The number of nitrogens with one attached hydrogen (secondary N) is 2. The molecule has 0 saturated carbocycles. The Labute approximate surface area is 160 Å². The molecule has 0 bridgehead atoms. The van der Waals surface area contributed by atoms with Gasteiger partial charge in [-0.15, -0.1) is 35.3 Å². The van der Waals surface area contributed by atoms with Crippen molar-refractivity contribution in [2.45, 2.75) is 53.2 Å². The Morgan fingerprint density at radius 3 is 2.39 bits per heavy atom. The molecule has 1 aromatic heterocycles. The summed E-state index contributed by atoms with van der Waals surface area (Å²) in [6, 6.07) is 4.26. The molecule has 0 aliphatic heterocycles. The van der Waals surface area contributed by atoms with Crippen LogP contribution in [0, 0.1) is 0 Å². The van der Waals surface area contributed by atoms with Gasteiger partial charge in [0.2, 0.25) is 0 Å². The van der Waals surface area contributed by atoms with Crippen LogP contribution in [0.15, 0.2) is 17.1 Å². The van der Waals surface area contributed by atoms with Crippen LogP contribution >= 0.6 is 35.3 Å². The molecule has 0 fully saturated rings. The standard InChI is InChI=1S/C16H27N3O2S.HI/c1-6-12-8-9-13(22-12)10-18-15(17-7-2)19-11-14(20)21-16(3,4)5;/h8-9H,6-7,10-11H2,1-5H3,(H2,17,18,19);1H. The number of hydrogen-bond donors (Lipinski definition) is 2. The average Bonchev–Trinajstić information content (AvgIpc) is 2.88. The second kappa shape index (κ2) is 10.9. The summed E-state index contributed by atoms with van der Waals surface area (Å²) in [4.78, 5) is 18.6. The molecule has 0 saturated heterocycles. The molecule has 0 aromatic carbocycles. The second-order valence-electron chi connectivity index (χ2n) is 5.86. The first-order valence-corrected chi connectivity index (χ1v) is 8.47. The molecular formula is C16H28IN3O2S. The first kappa shape index (κ1) is 22.2. The van der Waals surface area contributed by atoms with E-state index in [1.807, 2.05) is 27.7 Å². The van der Waals surface area contributed by atoms with E-state index in [0.717, 1.165) is 13.0 Å². The summed E-state index contributed by atoms with van der Waals surface area (Å²) in [6.07, 6.45) is 1.05. The van der Waals surface area contributed by atoms with Crippen molar-refractivity contribution in [3.05, 3.63) is 21.9 Å². The zero-order valence-corrected chi connectivity index (χ0v) is 17.7. The van der Waals surface area contributed by atoms with E-state index in [4.69, 9.17) is 4.74 Å². The van der Waals surface area contributed by atoms with Crippen LogP contribution in [0.25, 0.3) is 0 Å². The summed E-state index contributed by atoms with van der Waals surface area (Å²) in [6.45, 7) is 11.1. The van der Waals surface area contributed by atoms with Crippen molar-refractivity contribution in [2.75, 3.05) is 13.1 Å². The van der Waals surface area contributed by atoms with Crippen LogP contribution in [-0.2, 0) is 22.5 Å². The van der Waals surface area contributed by atoms with E-state index in [-0.39, 0.29) is 36.5 Å². The van der Waals surface area contributed by atoms with Gasteiger partial charge in [0.05, 0.1) is 6.54 Å². The van der Waals surface area contributed by atoms with Gasteiger partial charge >= 0.3 is 5.97 Å². The lowest BCUT2D eigenvalue weighted by Gasteiger charge is -2.19. The normalized spacial score (nSPS) is 11.6. The van der Waals surface area contributed by atoms with E-state index in [2.05, 4.69) is 34.7 Å². The Morgan fingerprint density at radius 1 is 1.22 bits per heavy atom. The number of guanidine groups is 1. The highest BCUT2D eigenvalue weighted by Crippen LogP contribution is 2.16.